The van der Waals surface area contributed by atoms with E-state index in [1.165, 1.54) is 13.2 Å². The summed E-state index contributed by atoms with van der Waals surface area (Å²) in [6.45, 7) is 2.35. The number of esters is 1. The minimum Gasteiger partial charge on any atom is -0.467 e. The largest absolute Gasteiger partial charge is 0.467 e. The molecule has 0 fully saturated rings. The number of methoxy groups -OCH3 is 1. The second-order valence-corrected chi connectivity index (χ2v) is 2.78. The number of carbonyl (C=O) groups excluding carboxylic acids is 1. The molecule has 0 spiro atoms. The second-order valence-electron chi connectivity index (χ2n) is 2.78. The zero-order valence-corrected chi connectivity index (χ0v) is 8.24. The van der Waals surface area contributed by atoms with Gasteiger partial charge in [-0.15, -0.1) is 0 Å². The lowest BCUT2D eigenvalue weighted by atomic mass is 10.4. The highest BCUT2D eigenvalue weighted by Crippen LogP contribution is 2.00. The SMILES string of the molecule is COC(=O)/C=C(\C)NCc1ccco1. The van der Waals surface area contributed by atoms with Crippen LogP contribution in [-0.4, -0.2) is 13.1 Å². The van der Waals surface area contributed by atoms with Gasteiger partial charge in [0.25, 0.3) is 0 Å². The van der Waals surface area contributed by atoms with Gasteiger partial charge in [-0.3, -0.25) is 0 Å². The summed E-state index contributed by atoms with van der Waals surface area (Å²) in [5, 5.41) is 3.02. The van der Waals surface area contributed by atoms with Gasteiger partial charge in [-0.25, -0.2) is 4.79 Å². The van der Waals surface area contributed by atoms with E-state index in [1.807, 2.05) is 12.1 Å². The van der Waals surface area contributed by atoms with Crippen molar-refractivity contribution in [2.45, 2.75) is 13.5 Å². The maximum Gasteiger partial charge on any atom is 0.332 e. The summed E-state index contributed by atoms with van der Waals surface area (Å²) in [7, 11) is 1.35. The van der Waals surface area contributed by atoms with E-state index in [2.05, 4.69) is 10.1 Å². The van der Waals surface area contributed by atoms with E-state index in [0.717, 1.165) is 11.5 Å². The zero-order chi connectivity index (χ0) is 10.4. The van der Waals surface area contributed by atoms with E-state index in [0.29, 0.717) is 6.54 Å². The van der Waals surface area contributed by atoms with Crippen LogP contribution in [0.25, 0.3) is 0 Å². The minimum absolute atomic E-state index is 0.366. The lowest BCUT2D eigenvalue weighted by Crippen LogP contribution is -2.11. The fourth-order valence-corrected chi connectivity index (χ4v) is 0.926. The number of ether oxygens (including phenoxy) is 1. The summed E-state index contributed by atoms with van der Waals surface area (Å²) in [5.74, 6) is 0.456. The summed E-state index contributed by atoms with van der Waals surface area (Å²) in [6.07, 6.45) is 3.00. The molecule has 0 saturated heterocycles. The molecule has 4 heteroatoms. The van der Waals surface area contributed by atoms with Gasteiger partial charge in [-0.1, -0.05) is 0 Å². The van der Waals surface area contributed by atoms with Crippen molar-refractivity contribution in [1.29, 1.82) is 0 Å². The molecule has 1 rings (SSSR count). The third-order valence-corrected chi connectivity index (χ3v) is 1.66. The van der Waals surface area contributed by atoms with Gasteiger partial charge in [0, 0.05) is 11.8 Å². The average molecular weight is 195 g/mol. The topological polar surface area (TPSA) is 51.5 Å². The molecule has 1 aromatic rings. The highest BCUT2D eigenvalue weighted by Gasteiger charge is 1.97. The third-order valence-electron chi connectivity index (χ3n) is 1.66. The fraction of sp³-hybridized carbons (Fsp3) is 0.300. The molecule has 0 bridgehead atoms. The Hall–Kier alpha value is -1.71. The van der Waals surface area contributed by atoms with Crippen molar-refractivity contribution in [3.63, 3.8) is 0 Å². The van der Waals surface area contributed by atoms with Crippen molar-refractivity contribution < 1.29 is 13.9 Å². The molecule has 76 valence electrons. The summed E-state index contributed by atoms with van der Waals surface area (Å²) < 4.78 is 9.59. The molecule has 0 amide bonds. The lowest BCUT2D eigenvalue weighted by molar-refractivity contribution is -0.134. The number of rotatable bonds is 4. The van der Waals surface area contributed by atoms with E-state index >= 15 is 0 Å². The molecular formula is C10H13NO3. The number of furan rings is 1. The van der Waals surface area contributed by atoms with Gasteiger partial charge in [0.15, 0.2) is 0 Å². The van der Waals surface area contributed by atoms with E-state index in [1.54, 1.807) is 13.2 Å². The van der Waals surface area contributed by atoms with Crippen molar-refractivity contribution in [1.82, 2.24) is 5.32 Å². The first-order valence-corrected chi connectivity index (χ1v) is 4.25. The standard InChI is InChI=1S/C10H13NO3/c1-8(6-10(12)13-2)11-7-9-4-3-5-14-9/h3-6,11H,7H2,1-2H3/b8-6+. The molecule has 1 N–H and O–H groups in total. The number of hydrogen-bond acceptors (Lipinski definition) is 4. The van der Waals surface area contributed by atoms with Gasteiger partial charge in [-0.05, 0) is 19.1 Å². The van der Waals surface area contributed by atoms with Crippen LogP contribution in [0.1, 0.15) is 12.7 Å². The van der Waals surface area contributed by atoms with E-state index < -0.39 is 0 Å². The zero-order valence-electron chi connectivity index (χ0n) is 8.24. The molecular weight excluding hydrogens is 182 g/mol. The molecule has 0 radical (unpaired) electrons. The van der Waals surface area contributed by atoms with Gasteiger partial charge < -0.3 is 14.5 Å². The van der Waals surface area contributed by atoms with E-state index in [4.69, 9.17) is 4.42 Å². The Balaban J connectivity index is 2.38. The highest BCUT2D eigenvalue weighted by molar-refractivity contribution is 5.82. The fourth-order valence-electron chi connectivity index (χ4n) is 0.926. The molecule has 4 nitrogen and oxygen atoms in total. The lowest BCUT2D eigenvalue weighted by Gasteiger charge is -2.03. The molecule has 14 heavy (non-hydrogen) atoms. The molecule has 0 unspecified atom stereocenters. The molecule has 0 atom stereocenters. The highest BCUT2D eigenvalue weighted by atomic mass is 16.5. The first-order chi connectivity index (χ1) is 6.72. The first-order valence-electron chi connectivity index (χ1n) is 4.25. The Morgan fingerprint density at radius 3 is 3.07 bits per heavy atom. The maximum atomic E-state index is 10.8. The summed E-state index contributed by atoms with van der Waals surface area (Å²) in [5.41, 5.74) is 0.744. The molecule has 1 aromatic heterocycles. The van der Waals surface area contributed by atoms with Crippen LogP contribution in [0.2, 0.25) is 0 Å². The summed E-state index contributed by atoms with van der Waals surface area (Å²) in [4.78, 5) is 10.8. The number of nitrogens with one attached hydrogen (secondary N) is 1. The Labute approximate surface area is 82.6 Å². The van der Waals surface area contributed by atoms with E-state index in [-0.39, 0.29) is 5.97 Å². The van der Waals surface area contributed by atoms with Gasteiger partial charge in [0.2, 0.25) is 0 Å². The summed E-state index contributed by atoms with van der Waals surface area (Å²) >= 11 is 0. The molecule has 0 aliphatic heterocycles. The third kappa shape index (κ3) is 3.35. The van der Waals surface area contributed by atoms with Crippen LogP contribution in [-0.2, 0) is 16.1 Å². The van der Waals surface area contributed by atoms with Gasteiger partial charge in [0.05, 0.1) is 19.9 Å². The average Bonchev–Trinajstić information content (AvgIpc) is 2.67. The molecule has 0 aromatic carbocycles. The van der Waals surface area contributed by atoms with Crippen molar-refractivity contribution in [2.24, 2.45) is 0 Å². The van der Waals surface area contributed by atoms with Crippen molar-refractivity contribution in [2.75, 3.05) is 7.11 Å². The number of carbonyl (C=O) groups is 1. The van der Waals surface area contributed by atoms with Crippen LogP contribution in [0.3, 0.4) is 0 Å². The minimum atomic E-state index is -0.366. The van der Waals surface area contributed by atoms with Crippen LogP contribution in [0.5, 0.6) is 0 Å². The molecule has 0 aliphatic rings. The van der Waals surface area contributed by atoms with Crippen LogP contribution in [0, 0.1) is 0 Å². The van der Waals surface area contributed by atoms with Crippen molar-refractivity contribution >= 4 is 5.97 Å². The summed E-state index contributed by atoms with van der Waals surface area (Å²) in [6, 6.07) is 3.68. The van der Waals surface area contributed by atoms with E-state index in [9.17, 15) is 4.79 Å². The quantitative estimate of drug-likeness (QED) is 0.583. The molecule has 0 aliphatic carbocycles. The molecule has 0 saturated carbocycles. The van der Waals surface area contributed by atoms with Crippen molar-refractivity contribution in [3.8, 4) is 0 Å². The Morgan fingerprint density at radius 2 is 2.50 bits per heavy atom. The van der Waals surface area contributed by atoms with Crippen LogP contribution >= 0.6 is 0 Å². The molecule has 1 heterocycles. The smallest absolute Gasteiger partial charge is 0.332 e. The van der Waals surface area contributed by atoms with Crippen LogP contribution in [0.15, 0.2) is 34.6 Å². The normalized spacial score (nSPS) is 11.1. The van der Waals surface area contributed by atoms with Crippen molar-refractivity contribution in [3.05, 3.63) is 35.9 Å². The van der Waals surface area contributed by atoms with Crippen LogP contribution < -0.4 is 5.32 Å². The monoisotopic (exact) mass is 195 g/mol. The number of allylic oxidation sites excluding steroid dienone is 1. The van der Waals surface area contributed by atoms with Crippen LogP contribution in [0.4, 0.5) is 0 Å². The predicted molar refractivity (Wildman–Crippen MR) is 51.3 cm³/mol. The first kappa shape index (κ1) is 10.4. The van der Waals surface area contributed by atoms with Gasteiger partial charge >= 0.3 is 5.97 Å². The number of hydrogen-bond donors (Lipinski definition) is 1. The maximum absolute atomic E-state index is 10.8. The second kappa shape index (κ2) is 5.11. The van der Waals surface area contributed by atoms with Gasteiger partial charge in [0.1, 0.15) is 5.76 Å². The van der Waals surface area contributed by atoms with Gasteiger partial charge in [-0.2, -0.15) is 0 Å². The predicted octanol–water partition coefficient (Wildman–Crippen LogP) is 1.45. The Bertz CT molecular complexity index is 314. The Morgan fingerprint density at radius 1 is 1.71 bits per heavy atom. The Kier molecular flexibility index (Phi) is 3.79.